The SMILES string of the molecule is CCOC(=O)c1ccc(S(=O)(=O)NCC(=O)NCCc2ccccc2)c(Br)c1. The Labute approximate surface area is 172 Å². The van der Waals surface area contributed by atoms with E-state index in [-0.39, 0.29) is 28.1 Å². The summed E-state index contributed by atoms with van der Waals surface area (Å²) in [5.41, 5.74) is 1.31. The molecule has 0 aliphatic rings. The molecular weight excluding hydrogens is 448 g/mol. The molecule has 0 aliphatic heterocycles. The number of halogens is 1. The highest BCUT2D eigenvalue weighted by Crippen LogP contribution is 2.23. The monoisotopic (exact) mass is 468 g/mol. The molecule has 2 aromatic carbocycles. The summed E-state index contributed by atoms with van der Waals surface area (Å²) in [4.78, 5) is 23.5. The summed E-state index contributed by atoms with van der Waals surface area (Å²) in [6, 6.07) is 13.6. The Balaban J connectivity index is 1.90. The van der Waals surface area contributed by atoms with Gasteiger partial charge in [0.2, 0.25) is 15.9 Å². The van der Waals surface area contributed by atoms with Gasteiger partial charge >= 0.3 is 5.97 Å². The fraction of sp³-hybridized carbons (Fsp3) is 0.263. The van der Waals surface area contributed by atoms with Crippen LogP contribution in [0.25, 0.3) is 0 Å². The van der Waals surface area contributed by atoms with Gasteiger partial charge in [-0.25, -0.2) is 17.9 Å². The van der Waals surface area contributed by atoms with Gasteiger partial charge in [0.15, 0.2) is 0 Å². The van der Waals surface area contributed by atoms with Crippen LogP contribution in [0.1, 0.15) is 22.8 Å². The lowest BCUT2D eigenvalue weighted by Crippen LogP contribution is -2.37. The minimum atomic E-state index is -3.93. The normalized spacial score (nSPS) is 11.1. The van der Waals surface area contributed by atoms with Gasteiger partial charge in [-0.05, 0) is 53.0 Å². The summed E-state index contributed by atoms with van der Waals surface area (Å²) in [6.07, 6.45) is 0.653. The van der Waals surface area contributed by atoms with Crippen LogP contribution in [0.3, 0.4) is 0 Å². The second kappa shape index (κ2) is 10.4. The van der Waals surface area contributed by atoms with Crippen LogP contribution in [-0.4, -0.2) is 40.0 Å². The molecular formula is C19H21BrN2O5S. The molecule has 28 heavy (non-hydrogen) atoms. The first-order valence-electron chi connectivity index (χ1n) is 8.60. The van der Waals surface area contributed by atoms with E-state index in [0.717, 1.165) is 5.56 Å². The van der Waals surface area contributed by atoms with Crippen molar-refractivity contribution in [1.82, 2.24) is 10.0 Å². The maximum atomic E-state index is 12.4. The Bertz CT molecular complexity index is 933. The topological polar surface area (TPSA) is 102 Å². The summed E-state index contributed by atoms with van der Waals surface area (Å²) in [6.45, 7) is 1.92. The van der Waals surface area contributed by atoms with Crippen molar-refractivity contribution in [3.8, 4) is 0 Å². The maximum absolute atomic E-state index is 12.4. The average Bonchev–Trinajstić information content (AvgIpc) is 2.67. The van der Waals surface area contributed by atoms with Crippen molar-refractivity contribution in [3.63, 3.8) is 0 Å². The van der Waals surface area contributed by atoms with E-state index in [1.54, 1.807) is 6.92 Å². The van der Waals surface area contributed by atoms with Crippen LogP contribution in [0.4, 0.5) is 0 Å². The molecule has 2 rings (SSSR count). The van der Waals surface area contributed by atoms with E-state index in [0.29, 0.717) is 13.0 Å². The first-order valence-corrected chi connectivity index (χ1v) is 10.9. The van der Waals surface area contributed by atoms with Crippen molar-refractivity contribution in [2.75, 3.05) is 19.7 Å². The van der Waals surface area contributed by atoms with Gasteiger partial charge in [-0.2, -0.15) is 0 Å². The fourth-order valence-corrected chi connectivity index (χ4v) is 4.41. The molecule has 0 fully saturated rings. The molecule has 0 bridgehead atoms. The summed E-state index contributed by atoms with van der Waals surface area (Å²) in [5, 5.41) is 2.67. The lowest BCUT2D eigenvalue weighted by Gasteiger charge is -2.10. The fourth-order valence-electron chi connectivity index (χ4n) is 2.35. The van der Waals surface area contributed by atoms with E-state index in [2.05, 4.69) is 26.0 Å². The van der Waals surface area contributed by atoms with E-state index in [4.69, 9.17) is 4.74 Å². The second-order valence-electron chi connectivity index (χ2n) is 5.78. The Kier molecular flexibility index (Phi) is 8.16. The maximum Gasteiger partial charge on any atom is 0.338 e. The molecule has 9 heteroatoms. The first kappa shape index (κ1) is 22.1. The lowest BCUT2D eigenvalue weighted by atomic mass is 10.1. The number of rotatable bonds is 9. The van der Waals surface area contributed by atoms with E-state index in [1.807, 2.05) is 30.3 Å². The van der Waals surface area contributed by atoms with Gasteiger partial charge in [-0.1, -0.05) is 30.3 Å². The van der Waals surface area contributed by atoms with Crippen LogP contribution in [0.15, 0.2) is 57.9 Å². The van der Waals surface area contributed by atoms with E-state index in [1.165, 1.54) is 18.2 Å². The molecule has 1 amide bonds. The zero-order valence-corrected chi connectivity index (χ0v) is 17.7. The Morgan fingerprint density at radius 3 is 2.46 bits per heavy atom. The van der Waals surface area contributed by atoms with Crippen LogP contribution in [-0.2, 0) is 26.0 Å². The van der Waals surface area contributed by atoms with Crippen molar-refractivity contribution < 1.29 is 22.7 Å². The van der Waals surface area contributed by atoms with Gasteiger partial charge in [-0.15, -0.1) is 0 Å². The Hall–Kier alpha value is -2.23. The molecule has 0 unspecified atom stereocenters. The molecule has 2 N–H and O–H groups in total. The number of amides is 1. The summed E-state index contributed by atoms with van der Waals surface area (Å²) < 4.78 is 32.2. The highest BCUT2D eigenvalue weighted by atomic mass is 79.9. The zero-order valence-electron chi connectivity index (χ0n) is 15.3. The number of nitrogens with one attached hydrogen (secondary N) is 2. The molecule has 0 saturated carbocycles. The lowest BCUT2D eigenvalue weighted by molar-refractivity contribution is -0.119. The third-order valence-corrected chi connectivity index (χ3v) is 6.11. The predicted octanol–water partition coefficient (Wildman–Crippen LogP) is 2.26. The van der Waals surface area contributed by atoms with Crippen LogP contribution in [0.5, 0.6) is 0 Å². The molecule has 150 valence electrons. The average molecular weight is 469 g/mol. The largest absolute Gasteiger partial charge is 0.462 e. The number of carbonyl (C=O) groups is 2. The molecule has 0 spiro atoms. The molecule has 0 radical (unpaired) electrons. The smallest absolute Gasteiger partial charge is 0.338 e. The first-order chi connectivity index (χ1) is 13.3. The van der Waals surface area contributed by atoms with Gasteiger partial charge < -0.3 is 10.1 Å². The van der Waals surface area contributed by atoms with Crippen LogP contribution in [0.2, 0.25) is 0 Å². The number of ether oxygens (including phenoxy) is 1. The van der Waals surface area contributed by atoms with Gasteiger partial charge in [0, 0.05) is 11.0 Å². The Morgan fingerprint density at radius 2 is 1.82 bits per heavy atom. The highest BCUT2D eigenvalue weighted by molar-refractivity contribution is 9.10. The van der Waals surface area contributed by atoms with Crippen LogP contribution < -0.4 is 10.0 Å². The number of carbonyl (C=O) groups excluding carboxylic acids is 2. The minimum absolute atomic E-state index is 0.0716. The minimum Gasteiger partial charge on any atom is -0.462 e. The standard InChI is InChI=1S/C19H21BrN2O5S/c1-2-27-19(24)15-8-9-17(16(20)12-15)28(25,26)22-13-18(23)21-11-10-14-6-4-3-5-7-14/h3-9,12,22H,2,10-11,13H2,1H3,(H,21,23). The van der Waals surface area contributed by atoms with Crippen molar-refractivity contribution >= 4 is 37.8 Å². The van der Waals surface area contributed by atoms with Gasteiger partial charge in [0.05, 0.1) is 23.6 Å². The zero-order chi connectivity index (χ0) is 20.6. The number of benzene rings is 2. The molecule has 7 nitrogen and oxygen atoms in total. The van der Waals surface area contributed by atoms with E-state index >= 15 is 0 Å². The molecule has 2 aromatic rings. The summed E-state index contributed by atoms with van der Waals surface area (Å²) in [5.74, 6) is -0.975. The Morgan fingerprint density at radius 1 is 1.11 bits per heavy atom. The van der Waals surface area contributed by atoms with Gasteiger partial charge in [0.1, 0.15) is 0 Å². The summed E-state index contributed by atoms with van der Waals surface area (Å²) in [7, 11) is -3.93. The highest BCUT2D eigenvalue weighted by Gasteiger charge is 2.20. The number of sulfonamides is 1. The molecule has 0 heterocycles. The quantitative estimate of drug-likeness (QED) is 0.549. The molecule has 0 atom stereocenters. The molecule has 0 saturated heterocycles. The van der Waals surface area contributed by atoms with Crippen molar-refractivity contribution in [2.45, 2.75) is 18.2 Å². The molecule has 0 aromatic heterocycles. The molecule has 0 aliphatic carbocycles. The van der Waals surface area contributed by atoms with Crippen LogP contribution >= 0.6 is 15.9 Å². The number of hydrogen-bond acceptors (Lipinski definition) is 5. The number of hydrogen-bond donors (Lipinski definition) is 2. The second-order valence-corrected chi connectivity index (χ2v) is 8.37. The van der Waals surface area contributed by atoms with Crippen LogP contribution in [0, 0.1) is 0 Å². The van der Waals surface area contributed by atoms with Crippen molar-refractivity contribution in [2.24, 2.45) is 0 Å². The van der Waals surface area contributed by atoms with Crippen molar-refractivity contribution in [1.29, 1.82) is 0 Å². The van der Waals surface area contributed by atoms with Gasteiger partial charge in [-0.3, -0.25) is 4.79 Å². The van der Waals surface area contributed by atoms with Gasteiger partial charge in [0.25, 0.3) is 0 Å². The summed E-state index contributed by atoms with van der Waals surface area (Å²) >= 11 is 3.15. The number of esters is 1. The predicted molar refractivity (Wildman–Crippen MR) is 108 cm³/mol. The third-order valence-electron chi connectivity index (χ3n) is 3.73. The van der Waals surface area contributed by atoms with E-state index < -0.39 is 21.9 Å². The third kappa shape index (κ3) is 6.43. The van der Waals surface area contributed by atoms with Crippen molar-refractivity contribution in [3.05, 3.63) is 64.1 Å². The van der Waals surface area contributed by atoms with E-state index in [9.17, 15) is 18.0 Å².